The second-order valence-corrected chi connectivity index (χ2v) is 2.81. The molecule has 0 radical (unpaired) electrons. The van der Waals surface area contributed by atoms with Crippen LogP contribution in [0.1, 0.15) is 13.8 Å². The summed E-state index contributed by atoms with van der Waals surface area (Å²) >= 11 is 0. The van der Waals surface area contributed by atoms with Gasteiger partial charge in [-0.2, -0.15) is 0 Å². The first-order chi connectivity index (χ1) is 8.84. The molecule has 108 valence electrons. The van der Waals surface area contributed by atoms with Crippen molar-refractivity contribution in [3.05, 3.63) is 20.2 Å². The first kappa shape index (κ1) is 16.3. The van der Waals surface area contributed by atoms with Gasteiger partial charge in [-0.05, 0) is 13.8 Å². The molecule has 0 heterocycles. The molecular weight excluding hydrogens is 268 g/mol. The molecule has 0 aliphatic rings. The van der Waals surface area contributed by atoms with E-state index in [0.29, 0.717) is 0 Å². The van der Waals surface area contributed by atoms with Crippen LogP contribution < -0.4 is 0 Å². The van der Waals surface area contributed by atoms with E-state index in [9.17, 15) is 29.8 Å². The topological polar surface area (TPSA) is 145 Å². The summed E-state index contributed by atoms with van der Waals surface area (Å²) in [6.45, 7) is 1.22. The summed E-state index contributed by atoms with van der Waals surface area (Å²) in [6, 6.07) is 0. The first-order valence-electron chi connectivity index (χ1n) is 5.02. The van der Waals surface area contributed by atoms with Crippen molar-refractivity contribution in [2.75, 3.05) is 19.9 Å². The van der Waals surface area contributed by atoms with Crippen LogP contribution in [0.2, 0.25) is 0 Å². The van der Waals surface area contributed by atoms with Crippen LogP contribution in [0.4, 0.5) is 9.59 Å². The quantitative estimate of drug-likeness (QED) is 0.382. The predicted molar refractivity (Wildman–Crippen MR) is 56.6 cm³/mol. The van der Waals surface area contributed by atoms with Crippen molar-refractivity contribution >= 4 is 12.2 Å². The average molecular weight is 280 g/mol. The zero-order chi connectivity index (χ0) is 15.0. The Balaban J connectivity index is 4.95. The minimum absolute atomic E-state index is 0.166. The summed E-state index contributed by atoms with van der Waals surface area (Å²) in [5, 5.41) is 18.3. The third-order valence-corrected chi connectivity index (χ3v) is 1.62. The fourth-order valence-electron chi connectivity index (χ4n) is 0.875. The Morgan fingerprint density at radius 1 is 0.947 bits per heavy atom. The molecule has 0 saturated carbocycles. The molecule has 0 bridgehead atoms. The lowest BCUT2D eigenvalue weighted by Crippen LogP contribution is -2.49. The van der Waals surface area contributed by atoms with Crippen LogP contribution >= 0.6 is 0 Å². The highest BCUT2D eigenvalue weighted by atomic mass is 16.7. The van der Waals surface area contributed by atoms with E-state index >= 15 is 0 Å². The summed E-state index contributed by atoms with van der Waals surface area (Å²) < 4.78 is 8.66. The van der Waals surface area contributed by atoms with E-state index in [1.165, 1.54) is 13.8 Å². The van der Waals surface area contributed by atoms with Gasteiger partial charge < -0.3 is 9.47 Å². The van der Waals surface area contributed by atoms with Gasteiger partial charge >= 0.3 is 12.2 Å². The van der Waals surface area contributed by atoms with Gasteiger partial charge in [-0.15, -0.1) is 0 Å². The molecule has 0 aromatic heterocycles. The highest BCUT2D eigenvalue weighted by Crippen LogP contribution is 2.02. The number of nitro groups is 2. The average Bonchev–Trinajstić information content (AvgIpc) is 2.29. The maximum atomic E-state index is 11.2. The molecule has 0 fully saturated rings. The number of ether oxygens (including phenoxy) is 2. The molecular formula is C7H12N4O8. The Bertz CT molecular complexity index is 338. The first-order valence-corrected chi connectivity index (χ1v) is 5.02. The van der Waals surface area contributed by atoms with Crippen molar-refractivity contribution in [1.82, 2.24) is 10.0 Å². The van der Waals surface area contributed by atoms with Gasteiger partial charge in [-0.25, -0.2) is 29.8 Å². The number of carbonyl (C=O) groups is 2. The lowest BCUT2D eigenvalue weighted by molar-refractivity contribution is -0.688. The molecule has 0 aromatic carbocycles. The highest BCUT2D eigenvalue weighted by molar-refractivity contribution is 5.68. The number of amides is 2. The zero-order valence-corrected chi connectivity index (χ0v) is 10.2. The predicted octanol–water partition coefficient (Wildman–Crippen LogP) is 0.244. The number of hydrazine groups is 2. The van der Waals surface area contributed by atoms with E-state index in [1.54, 1.807) is 0 Å². The van der Waals surface area contributed by atoms with E-state index in [1.807, 2.05) is 0 Å². The lowest BCUT2D eigenvalue weighted by Gasteiger charge is -2.15. The van der Waals surface area contributed by atoms with Crippen LogP contribution in [-0.2, 0) is 9.47 Å². The van der Waals surface area contributed by atoms with Gasteiger partial charge in [0, 0.05) is 10.0 Å². The number of hydrogen-bond acceptors (Lipinski definition) is 8. The summed E-state index contributed by atoms with van der Waals surface area (Å²) in [5.41, 5.74) is 0. The van der Waals surface area contributed by atoms with Gasteiger partial charge in [0.15, 0.2) is 10.1 Å². The van der Waals surface area contributed by atoms with E-state index in [2.05, 4.69) is 9.47 Å². The molecule has 19 heavy (non-hydrogen) atoms. The zero-order valence-electron chi connectivity index (χ0n) is 10.2. The molecule has 0 aliphatic carbocycles. The Labute approximate surface area is 106 Å². The van der Waals surface area contributed by atoms with Crippen LogP contribution in [0.5, 0.6) is 0 Å². The minimum atomic E-state index is -1.43. The van der Waals surface area contributed by atoms with Gasteiger partial charge in [0.1, 0.15) is 0 Å². The number of rotatable bonds is 6. The third-order valence-electron chi connectivity index (χ3n) is 1.62. The number of carbonyl (C=O) groups excluding carboxylic acids is 2. The summed E-state index contributed by atoms with van der Waals surface area (Å²) in [4.78, 5) is 43.5. The molecule has 12 nitrogen and oxygen atoms in total. The maximum Gasteiger partial charge on any atom is 0.470 e. The van der Waals surface area contributed by atoms with Crippen molar-refractivity contribution in [1.29, 1.82) is 0 Å². The summed E-state index contributed by atoms with van der Waals surface area (Å²) in [5.74, 6) is 0. The highest BCUT2D eigenvalue weighted by Gasteiger charge is 2.37. The van der Waals surface area contributed by atoms with Crippen LogP contribution in [0.3, 0.4) is 0 Å². The van der Waals surface area contributed by atoms with Crippen molar-refractivity contribution < 1.29 is 29.1 Å². The van der Waals surface area contributed by atoms with E-state index in [0.717, 1.165) is 0 Å². The second-order valence-electron chi connectivity index (χ2n) is 2.81. The lowest BCUT2D eigenvalue weighted by atomic mass is 10.8. The molecule has 0 rings (SSSR count). The molecule has 0 aromatic rings. The van der Waals surface area contributed by atoms with Gasteiger partial charge in [-0.1, -0.05) is 0 Å². The van der Waals surface area contributed by atoms with E-state index in [4.69, 9.17) is 0 Å². The van der Waals surface area contributed by atoms with Crippen LogP contribution in [0.15, 0.2) is 0 Å². The second kappa shape index (κ2) is 7.62. The van der Waals surface area contributed by atoms with Crippen LogP contribution in [-0.4, -0.2) is 52.2 Å². The Kier molecular flexibility index (Phi) is 6.56. The Morgan fingerprint density at radius 2 is 1.26 bits per heavy atom. The minimum Gasteiger partial charge on any atom is -0.446 e. The van der Waals surface area contributed by atoms with Crippen molar-refractivity contribution in [3.8, 4) is 0 Å². The molecule has 0 aliphatic heterocycles. The normalized spacial score (nSPS) is 9.37. The van der Waals surface area contributed by atoms with Crippen molar-refractivity contribution in [2.45, 2.75) is 13.8 Å². The molecule has 12 heteroatoms. The Morgan fingerprint density at radius 3 is 1.47 bits per heavy atom. The molecule has 0 N–H and O–H groups in total. The molecule has 0 unspecified atom stereocenters. The molecule has 0 spiro atoms. The van der Waals surface area contributed by atoms with Crippen molar-refractivity contribution in [2.24, 2.45) is 0 Å². The smallest absolute Gasteiger partial charge is 0.446 e. The fourth-order valence-corrected chi connectivity index (χ4v) is 0.875. The fraction of sp³-hybridized carbons (Fsp3) is 0.714. The summed E-state index contributed by atoms with van der Waals surface area (Å²) in [7, 11) is 0. The van der Waals surface area contributed by atoms with E-state index < -0.39 is 28.9 Å². The molecule has 2 amide bonds. The van der Waals surface area contributed by atoms with Gasteiger partial charge in [0.05, 0.1) is 13.2 Å². The summed E-state index contributed by atoms with van der Waals surface area (Å²) in [6.07, 6.45) is -2.85. The number of nitrogens with zero attached hydrogens (tertiary/aromatic N) is 4. The van der Waals surface area contributed by atoms with Crippen LogP contribution in [0, 0.1) is 20.2 Å². The van der Waals surface area contributed by atoms with Crippen molar-refractivity contribution in [3.63, 3.8) is 0 Å². The molecule has 0 saturated heterocycles. The maximum absolute atomic E-state index is 11.2. The number of hydrogen-bond donors (Lipinski definition) is 0. The van der Waals surface area contributed by atoms with Gasteiger partial charge in [0.25, 0.3) is 0 Å². The standard InChI is InChI=1S/C7H12N4O8/c1-3-18-6(12)8(10(14)15)5-9(11(16)17)7(13)19-4-2/h3-5H2,1-2H3. The third kappa shape index (κ3) is 5.01. The van der Waals surface area contributed by atoms with Gasteiger partial charge in [0.2, 0.25) is 6.67 Å². The van der Waals surface area contributed by atoms with Crippen LogP contribution in [0.25, 0.3) is 0 Å². The Hall–Kier alpha value is -2.66. The molecule has 0 atom stereocenters. The SMILES string of the molecule is CCOC(=O)N(CN(C(=O)OCC)[N+](=O)[O-])[N+](=O)[O-]. The monoisotopic (exact) mass is 280 g/mol. The van der Waals surface area contributed by atoms with Gasteiger partial charge in [-0.3, -0.25) is 0 Å². The van der Waals surface area contributed by atoms with E-state index in [-0.39, 0.29) is 23.2 Å². The largest absolute Gasteiger partial charge is 0.470 e.